The highest BCUT2D eigenvalue weighted by Crippen LogP contribution is 2.43. The van der Waals surface area contributed by atoms with Gasteiger partial charge in [0.2, 0.25) is 11.9 Å². The van der Waals surface area contributed by atoms with Gasteiger partial charge in [0.1, 0.15) is 23.1 Å². The predicted molar refractivity (Wildman–Crippen MR) is 108 cm³/mol. The minimum absolute atomic E-state index is 0.0861. The lowest BCUT2D eigenvalue weighted by atomic mass is 9.85. The van der Waals surface area contributed by atoms with Gasteiger partial charge in [-0.2, -0.15) is 9.97 Å². The second kappa shape index (κ2) is 9.27. The SMILES string of the molecule is COc1cc(O)ccc1C1CC(=O)Nc2nc(N3CCOCC3)nc(N)c21.O=CO. The number of nitrogens with zero attached hydrogens (tertiary/aromatic N) is 3. The predicted octanol–water partition coefficient (Wildman–Crippen LogP) is 0.784. The molecular formula is C19H23N5O6. The Hall–Kier alpha value is -3.60. The monoisotopic (exact) mass is 417 g/mol. The van der Waals surface area contributed by atoms with E-state index in [2.05, 4.69) is 15.3 Å². The van der Waals surface area contributed by atoms with Gasteiger partial charge in [0.05, 0.1) is 20.3 Å². The summed E-state index contributed by atoms with van der Waals surface area (Å²) >= 11 is 0. The van der Waals surface area contributed by atoms with E-state index in [4.69, 9.17) is 25.1 Å². The molecule has 11 heteroatoms. The number of phenols is 1. The van der Waals surface area contributed by atoms with Gasteiger partial charge in [0, 0.05) is 42.6 Å². The molecule has 11 nitrogen and oxygen atoms in total. The number of carbonyl (C=O) groups is 2. The number of hydrogen-bond donors (Lipinski definition) is 4. The minimum Gasteiger partial charge on any atom is -0.508 e. The molecule has 1 atom stereocenters. The lowest BCUT2D eigenvalue weighted by Gasteiger charge is -2.31. The molecule has 1 amide bonds. The van der Waals surface area contributed by atoms with E-state index in [0.29, 0.717) is 55.2 Å². The molecule has 2 aromatic rings. The summed E-state index contributed by atoms with van der Waals surface area (Å²) in [5, 5.41) is 19.4. The van der Waals surface area contributed by atoms with E-state index in [-0.39, 0.29) is 30.5 Å². The van der Waals surface area contributed by atoms with Crippen LogP contribution in [0, 0.1) is 0 Å². The minimum atomic E-state index is -0.358. The summed E-state index contributed by atoms with van der Waals surface area (Å²) in [4.78, 5) is 31.7. The zero-order chi connectivity index (χ0) is 21.7. The molecule has 0 bridgehead atoms. The van der Waals surface area contributed by atoms with Gasteiger partial charge in [-0.25, -0.2) is 0 Å². The summed E-state index contributed by atoms with van der Waals surface area (Å²) in [5.74, 6) is 1.27. The lowest BCUT2D eigenvalue weighted by Crippen LogP contribution is -2.38. The number of aromatic hydroxyl groups is 1. The molecule has 160 valence electrons. The number of amides is 1. The Bertz CT molecular complexity index is 932. The number of hydrogen-bond acceptors (Lipinski definition) is 9. The number of carboxylic acid groups (broad SMARTS) is 1. The Morgan fingerprint density at radius 3 is 2.70 bits per heavy atom. The summed E-state index contributed by atoms with van der Waals surface area (Å²) in [6.07, 6.45) is 0.193. The third kappa shape index (κ3) is 4.35. The van der Waals surface area contributed by atoms with E-state index >= 15 is 0 Å². The van der Waals surface area contributed by atoms with Crippen molar-refractivity contribution < 1.29 is 29.3 Å². The van der Waals surface area contributed by atoms with Gasteiger partial charge >= 0.3 is 0 Å². The first-order chi connectivity index (χ1) is 14.5. The molecule has 5 N–H and O–H groups in total. The largest absolute Gasteiger partial charge is 0.508 e. The van der Waals surface area contributed by atoms with Crippen molar-refractivity contribution in [2.75, 3.05) is 49.4 Å². The Morgan fingerprint density at radius 2 is 2.03 bits per heavy atom. The maximum atomic E-state index is 12.3. The Labute approximate surface area is 172 Å². The molecule has 1 saturated heterocycles. The second-order valence-corrected chi connectivity index (χ2v) is 6.61. The molecule has 0 radical (unpaired) electrons. The summed E-state index contributed by atoms with van der Waals surface area (Å²) in [6.45, 7) is 2.28. The van der Waals surface area contributed by atoms with Crippen LogP contribution < -0.4 is 20.7 Å². The summed E-state index contributed by atoms with van der Waals surface area (Å²) in [6, 6.07) is 4.81. The van der Waals surface area contributed by atoms with E-state index < -0.39 is 0 Å². The van der Waals surface area contributed by atoms with Gasteiger partial charge in [-0.1, -0.05) is 6.07 Å². The number of rotatable bonds is 3. The number of aromatic nitrogens is 2. The summed E-state index contributed by atoms with van der Waals surface area (Å²) in [5.41, 5.74) is 7.71. The van der Waals surface area contributed by atoms with E-state index in [1.54, 1.807) is 12.1 Å². The van der Waals surface area contributed by atoms with Crippen molar-refractivity contribution in [1.29, 1.82) is 0 Å². The first kappa shape index (κ1) is 21.1. The van der Waals surface area contributed by atoms with Crippen LogP contribution in [0.15, 0.2) is 18.2 Å². The van der Waals surface area contributed by atoms with E-state index in [1.165, 1.54) is 13.2 Å². The average Bonchev–Trinajstić information content (AvgIpc) is 2.74. The van der Waals surface area contributed by atoms with Gasteiger partial charge in [-0.15, -0.1) is 0 Å². The first-order valence-corrected chi connectivity index (χ1v) is 9.23. The highest BCUT2D eigenvalue weighted by Gasteiger charge is 2.33. The zero-order valence-corrected chi connectivity index (χ0v) is 16.4. The van der Waals surface area contributed by atoms with Gasteiger partial charge in [-0.3, -0.25) is 9.59 Å². The second-order valence-electron chi connectivity index (χ2n) is 6.61. The lowest BCUT2D eigenvalue weighted by molar-refractivity contribution is -0.123. The number of ether oxygens (including phenoxy) is 2. The van der Waals surface area contributed by atoms with Crippen LogP contribution in [-0.4, -0.2) is 66.0 Å². The van der Waals surface area contributed by atoms with Crippen LogP contribution >= 0.6 is 0 Å². The van der Waals surface area contributed by atoms with Gasteiger partial charge in [0.25, 0.3) is 6.47 Å². The molecule has 1 fully saturated rings. The van der Waals surface area contributed by atoms with Crippen molar-refractivity contribution in [2.24, 2.45) is 0 Å². The van der Waals surface area contributed by atoms with Gasteiger partial charge in [-0.05, 0) is 6.07 Å². The van der Waals surface area contributed by atoms with Crippen molar-refractivity contribution in [3.05, 3.63) is 29.3 Å². The Kier molecular flexibility index (Phi) is 6.52. The number of benzene rings is 1. The van der Waals surface area contributed by atoms with E-state index in [0.717, 1.165) is 5.56 Å². The molecule has 0 aliphatic carbocycles. The highest BCUT2D eigenvalue weighted by atomic mass is 16.5. The van der Waals surface area contributed by atoms with Crippen molar-refractivity contribution in [2.45, 2.75) is 12.3 Å². The molecule has 1 aromatic heterocycles. The maximum absolute atomic E-state index is 12.3. The highest BCUT2D eigenvalue weighted by molar-refractivity contribution is 5.95. The number of morpholine rings is 1. The molecule has 2 aliphatic heterocycles. The van der Waals surface area contributed by atoms with Gasteiger partial charge < -0.3 is 35.6 Å². The number of fused-ring (bicyclic) bond motifs is 1. The van der Waals surface area contributed by atoms with Crippen molar-refractivity contribution in [3.63, 3.8) is 0 Å². The number of nitrogens with two attached hydrogens (primary N) is 1. The summed E-state index contributed by atoms with van der Waals surface area (Å²) < 4.78 is 10.8. The fourth-order valence-corrected chi connectivity index (χ4v) is 3.54. The number of carbonyl (C=O) groups excluding carboxylic acids is 1. The number of anilines is 3. The van der Waals surface area contributed by atoms with Crippen LogP contribution in [-0.2, 0) is 14.3 Å². The number of nitrogens with one attached hydrogen (secondary N) is 1. The molecule has 3 heterocycles. The normalized spacial score (nSPS) is 17.8. The smallest absolute Gasteiger partial charge is 0.290 e. The molecule has 0 spiro atoms. The molecule has 0 saturated carbocycles. The third-order valence-electron chi connectivity index (χ3n) is 4.85. The van der Waals surface area contributed by atoms with Crippen LogP contribution in [0.5, 0.6) is 11.5 Å². The standard InChI is InChI=1S/C18H21N5O4.CH2O2/c1-26-13-8-10(24)2-3-11(13)12-9-14(25)20-17-15(12)16(19)21-18(22-17)23-4-6-27-7-5-23;2-1-3/h2-3,8,12,24H,4-7,9H2,1H3,(H3,19,20,21,22,25);1H,(H,2,3). The first-order valence-electron chi connectivity index (χ1n) is 9.23. The fourth-order valence-electron chi connectivity index (χ4n) is 3.54. The van der Waals surface area contributed by atoms with E-state index in [9.17, 15) is 9.90 Å². The van der Waals surface area contributed by atoms with Gasteiger partial charge in [0.15, 0.2) is 0 Å². The molecule has 2 aliphatic rings. The summed E-state index contributed by atoms with van der Waals surface area (Å²) in [7, 11) is 1.52. The van der Waals surface area contributed by atoms with Crippen molar-refractivity contribution in [1.82, 2.24) is 9.97 Å². The quantitative estimate of drug-likeness (QED) is 0.525. The molecule has 1 unspecified atom stereocenters. The van der Waals surface area contributed by atoms with Crippen LogP contribution in [0.2, 0.25) is 0 Å². The van der Waals surface area contributed by atoms with Crippen molar-refractivity contribution >= 4 is 30.0 Å². The number of phenolic OH excluding ortho intramolecular Hbond substituents is 1. The molecule has 4 rings (SSSR count). The van der Waals surface area contributed by atoms with Crippen LogP contribution in [0.3, 0.4) is 0 Å². The topological polar surface area (TPSA) is 160 Å². The number of methoxy groups -OCH3 is 1. The van der Waals surface area contributed by atoms with Crippen LogP contribution in [0.1, 0.15) is 23.5 Å². The van der Waals surface area contributed by atoms with E-state index in [1.807, 2.05) is 4.90 Å². The Balaban J connectivity index is 0.000000806. The number of nitrogen functional groups attached to an aromatic ring is 1. The Morgan fingerprint density at radius 1 is 1.33 bits per heavy atom. The molecule has 30 heavy (non-hydrogen) atoms. The maximum Gasteiger partial charge on any atom is 0.290 e. The third-order valence-corrected chi connectivity index (χ3v) is 4.85. The van der Waals surface area contributed by atoms with Crippen LogP contribution in [0.25, 0.3) is 0 Å². The molecular weight excluding hydrogens is 394 g/mol. The van der Waals surface area contributed by atoms with Crippen molar-refractivity contribution in [3.8, 4) is 11.5 Å². The molecule has 1 aromatic carbocycles. The van der Waals surface area contributed by atoms with Crippen LogP contribution in [0.4, 0.5) is 17.6 Å². The average molecular weight is 417 g/mol. The fraction of sp³-hybridized carbons (Fsp3) is 0.368. The zero-order valence-electron chi connectivity index (χ0n) is 16.4.